The number of phosphoric acid groups is 1. The van der Waals surface area contributed by atoms with Gasteiger partial charge in [-0.1, -0.05) is 17.7 Å². The van der Waals surface area contributed by atoms with Gasteiger partial charge in [-0.15, -0.1) is 0 Å². The van der Waals surface area contributed by atoms with Gasteiger partial charge < -0.3 is 9.79 Å². The fourth-order valence-corrected chi connectivity index (χ4v) is 4.18. The number of hydrogen-bond donors (Lipinski definition) is 2. The number of pyridine rings is 1. The van der Waals surface area contributed by atoms with Crippen LogP contribution in [0.3, 0.4) is 0 Å². The smallest absolute Gasteiger partial charge is 0.303 e. The van der Waals surface area contributed by atoms with Crippen LogP contribution in [0.1, 0.15) is 24.0 Å². The van der Waals surface area contributed by atoms with Gasteiger partial charge in [-0.05, 0) is 43.4 Å². The number of anilines is 1. The summed E-state index contributed by atoms with van der Waals surface area (Å²) >= 11 is 5.85. The van der Waals surface area contributed by atoms with Crippen molar-refractivity contribution in [3.05, 3.63) is 53.1 Å². The van der Waals surface area contributed by atoms with E-state index < -0.39 is 14.6 Å². The van der Waals surface area contributed by atoms with Gasteiger partial charge in [0.2, 0.25) is 5.91 Å². The van der Waals surface area contributed by atoms with Crippen LogP contribution in [0.25, 0.3) is 11.3 Å². The molecule has 11 nitrogen and oxygen atoms in total. The number of aryl methyl sites for hydroxylation is 1. The zero-order valence-corrected chi connectivity index (χ0v) is 19.4. The van der Waals surface area contributed by atoms with Crippen molar-refractivity contribution in [2.75, 3.05) is 11.4 Å². The van der Waals surface area contributed by atoms with Crippen molar-refractivity contribution < 1.29 is 23.7 Å². The molecule has 0 aliphatic carbocycles. The summed E-state index contributed by atoms with van der Waals surface area (Å²) in [5.74, 6) is 0.0540. The highest BCUT2D eigenvalue weighted by Gasteiger charge is 2.32. The van der Waals surface area contributed by atoms with Crippen molar-refractivity contribution in [1.29, 1.82) is 0 Å². The second kappa shape index (κ2) is 9.66. The van der Waals surface area contributed by atoms with Crippen LogP contribution in [-0.2, 0) is 27.0 Å². The molecule has 33 heavy (non-hydrogen) atoms. The van der Waals surface area contributed by atoms with Gasteiger partial charge in [0, 0.05) is 30.3 Å². The summed E-state index contributed by atoms with van der Waals surface area (Å²) in [6.45, 7) is 1.81. The van der Waals surface area contributed by atoms with Gasteiger partial charge in [-0.25, -0.2) is 14.2 Å². The number of carbonyl (C=O) groups is 1. The normalized spacial score (nSPS) is 16.9. The topological polar surface area (TPSA) is 144 Å². The van der Waals surface area contributed by atoms with Crippen LogP contribution in [0.4, 0.5) is 5.82 Å². The van der Waals surface area contributed by atoms with Crippen molar-refractivity contribution in [3.63, 3.8) is 0 Å². The maximum absolute atomic E-state index is 13.3. The van der Waals surface area contributed by atoms with Gasteiger partial charge in [0.1, 0.15) is 5.15 Å². The molecule has 1 fully saturated rings. The van der Waals surface area contributed by atoms with Crippen LogP contribution in [0.5, 0.6) is 0 Å². The molecule has 2 N–H and O–H groups in total. The lowest BCUT2D eigenvalue weighted by molar-refractivity contribution is -0.123. The summed E-state index contributed by atoms with van der Waals surface area (Å²) in [6, 6.07) is 5.24. The summed E-state index contributed by atoms with van der Waals surface area (Å²) in [7, 11) is -4.73. The molecule has 3 aromatic heterocycles. The summed E-state index contributed by atoms with van der Waals surface area (Å²) in [5, 5.41) is 12.6. The highest BCUT2D eigenvalue weighted by Crippen LogP contribution is 2.37. The lowest BCUT2D eigenvalue weighted by atomic mass is 9.91. The third-order valence-electron chi connectivity index (χ3n) is 5.42. The highest BCUT2D eigenvalue weighted by atomic mass is 35.5. The SMILES string of the molecule is Cc1cnncc1-c1cc(N2CCCC(Cc3ccc(Cl)nc3)C2=O)nn1COP(=O)(O)O. The molecule has 4 rings (SSSR count). The van der Waals surface area contributed by atoms with Crippen LogP contribution in [0.2, 0.25) is 5.15 Å². The van der Waals surface area contributed by atoms with E-state index in [1.165, 1.54) is 10.9 Å². The molecule has 1 amide bonds. The first-order valence-electron chi connectivity index (χ1n) is 10.2. The number of phosphoric ester groups is 1. The third kappa shape index (κ3) is 5.63. The Balaban J connectivity index is 1.63. The number of carbonyl (C=O) groups excluding carboxylic acids is 1. The average Bonchev–Trinajstić information content (AvgIpc) is 3.19. The number of piperidine rings is 1. The molecular formula is C20H22ClN6O5P. The Morgan fingerprint density at radius 3 is 2.73 bits per heavy atom. The first-order valence-corrected chi connectivity index (χ1v) is 12.1. The predicted molar refractivity (Wildman–Crippen MR) is 119 cm³/mol. The lowest BCUT2D eigenvalue weighted by Crippen LogP contribution is -2.42. The summed E-state index contributed by atoms with van der Waals surface area (Å²) in [4.78, 5) is 37.2. The quantitative estimate of drug-likeness (QED) is 0.375. The standard InChI is InChI=1S/C20H22ClN6O5P/c1-13-9-23-24-11-16(13)17-8-19(25-27(17)12-32-33(29,30)31)26-6-2-3-15(20(26)28)7-14-4-5-18(21)22-10-14/h4-5,8-11,15H,2-3,6-7,12H2,1H3,(H2,29,30,31). The first-order chi connectivity index (χ1) is 15.7. The van der Waals surface area contributed by atoms with Crippen LogP contribution in [-0.4, -0.2) is 47.2 Å². The maximum Gasteiger partial charge on any atom is 0.471 e. The highest BCUT2D eigenvalue weighted by molar-refractivity contribution is 7.46. The molecule has 0 aromatic carbocycles. The van der Waals surface area contributed by atoms with Crippen molar-refractivity contribution in [1.82, 2.24) is 25.0 Å². The van der Waals surface area contributed by atoms with Gasteiger partial charge >= 0.3 is 7.82 Å². The molecule has 0 spiro atoms. The molecule has 1 saturated heterocycles. The van der Waals surface area contributed by atoms with Crippen molar-refractivity contribution in [2.24, 2.45) is 5.92 Å². The number of rotatable bonds is 7. The van der Waals surface area contributed by atoms with E-state index in [1.807, 2.05) is 13.0 Å². The van der Waals surface area contributed by atoms with E-state index in [9.17, 15) is 9.36 Å². The van der Waals surface area contributed by atoms with E-state index in [0.717, 1.165) is 24.0 Å². The summed E-state index contributed by atoms with van der Waals surface area (Å²) in [5.41, 5.74) is 2.86. The number of hydrogen-bond acceptors (Lipinski definition) is 7. The zero-order valence-electron chi connectivity index (χ0n) is 17.7. The number of nitrogens with zero attached hydrogens (tertiary/aromatic N) is 6. The Morgan fingerprint density at radius 2 is 2.03 bits per heavy atom. The molecular weight excluding hydrogens is 471 g/mol. The Morgan fingerprint density at radius 1 is 1.24 bits per heavy atom. The Kier molecular flexibility index (Phi) is 6.87. The Labute approximate surface area is 194 Å². The molecule has 1 aliphatic heterocycles. The molecule has 1 aliphatic rings. The predicted octanol–water partition coefficient (Wildman–Crippen LogP) is 2.75. The maximum atomic E-state index is 13.3. The van der Waals surface area contributed by atoms with E-state index in [-0.39, 0.29) is 11.8 Å². The second-order valence-electron chi connectivity index (χ2n) is 7.74. The molecule has 3 aromatic rings. The fraction of sp³-hybridized carbons (Fsp3) is 0.350. The summed E-state index contributed by atoms with van der Waals surface area (Å²) < 4.78 is 17.2. The van der Waals surface area contributed by atoms with E-state index >= 15 is 0 Å². The van der Waals surface area contributed by atoms with E-state index in [2.05, 4.69) is 24.8 Å². The number of amides is 1. The number of aromatic nitrogens is 5. The second-order valence-corrected chi connectivity index (χ2v) is 9.37. The molecule has 0 saturated carbocycles. The van der Waals surface area contributed by atoms with Gasteiger partial charge in [-0.2, -0.15) is 15.3 Å². The van der Waals surface area contributed by atoms with Crippen LogP contribution >= 0.6 is 19.4 Å². The van der Waals surface area contributed by atoms with Crippen molar-refractivity contribution in [3.8, 4) is 11.3 Å². The molecule has 1 atom stereocenters. The number of halogens is 1. The van der Waals surface area contributed by atoms with Gasteiger partial charge in [0.15, 0.2) is 12.5 Å². The van der Waals surface area contributed by atoms with Crippen LogP contribution in [0, 0.1) is 12.8 Å². The molecule has 1 unspecified atom stereocenters. The molecule has 4 heterocycles. The largest absolute Gasteiger partial charge is 0.471 e. The van der Waals surface area contributed by atoms with Crippen molar-refractivity contribution >= 4 is 31.1 Å². The molecule has 174 valence electrons. The van der Waals surface area contributed by atoms with E-state index in [1.54, 1.807) is 29.4 Å². The molecule has 13 heteroatoms. The van der Waals surface area contributed by atoms with Crippen LogP contribution in [0.15, 0.2) is 36.8 Å². The van der Waals surface area contributed by atoms with E-state index in [0.29, 0.717) is 35.2 Å². The molecule has 0 radical (unpaired) electrons. The lowest BCUT2D eigenvalue weighted by Gasteiger charge is -2.30. The van der Waals surface area contributed by atoms with Crippen molar-refractivity contribution in [2.45, 2.75) is 32.9 Å². The van der Waals surface area contributed by atoms with Crippen LogP contribution < -0.4 is 4.90 Å². The third-order valence-corrected chi connectivity index (χ3v) is 6.09. The fourth-order valence-electron chi connectivity index (χ4n) is 3.81. The van der Waals surface area contributed by atoms with Gasteiger partial charge in [0.05, 0.1) is 18.1 Å². The first kappa shape index (κ1) is 23.5. The Hall–Kier alpha value is -2.69. The van der Waals surface area contributed by atoms with Gasteiger partial charge in [0.25, 0.3) is 0 Å². The van der Waals surface area contributed by atoms with E-state index in [4.69, 9.17) is 21.4 Å². The summed E-state index contributed by atoms with van der Waals surface area (Å²) in [6.07, 6.45) is 6.81. The minimum absolute atomic E-state index is 0.0760. The monoisotopic (exact) mass is 492 g/mol. The Bertz CT molecular complexity index is 1200. The molecule has 0 bridgehead atoms. The minimum atomic E-state index is -4.73. The average molecular weight is 493 g/mol. The van der Waals surface area contributed by atoms with Gasteiger partial charge in [-0.3, -0.25) is 14.2 Å². The minimum Gasteiger partial charge on any atom is -0.303 e. The zero-order chi connectivity index (χ0) is 23.6.